The van der Waals surface area contributed by atoms with Crippen LogP contribution in [-0.2, 0) is 25.0 Å². The number of amides is 1. The van der Waals surface area contributed by atoms with Gasteiger partial charge in [0.25, 0.3) is 10.0 Å². The molecule has 0 saturated carbocycles. The lowest BCUT2D eigenvalue weighted by Crippen LogP contribution is -2.53. The van der Waals surface area contributed by atoms with Crippen LogP contribution < -0.4 is 14.4 Å². The molecule has 2 aromatic heterocycles. The quantitative estimate of drug-likeness (QED) is 0.446. The highest BCUT2D eigenvalue weighted by Crippen LogP contribution is 2.49. The van der Waals surface area contributed by atoms with Gasteiger partial charge in [0.1, 0.15) is 11.1 Å². The van der Waals surface area contributed by atoms with Crippen LogP contribution in [0.1, 0.15) is 5.56 Å². The third kappa shape index (κ3) is 3.25. The van der Waals surface area contributed by atoms with Crippen molar-refractivity contribution < 1.29 is 22.7 Å². The highest BCUT2D eigenvalue weighted by atomic mass is 32.2. The van der Waals surface area contributed by atoms with Gasteiger partial charge in [-0.1, -0.05) is 24.3 Å². The Morgan fingerprint density at radius 3 is 2.50 bits per heavy atom. The maximum Gasteiger partial charge on any atom is 0.262 e. The number of rotatable bonds is 5. The number of nitrogens with one attached hydrogen (secondary N) is 1. The van der Waals surface area contributed by atoms with E-state index in [4.69, 9.17) is 9.47 Å². The molecule has 4 aromatic rings. The number of carbonyl (C=O) groups excluding carboxylic acids is 1. The summed E-state index contributed by atoms with van der Waals surface area (Å²) in [5.74, 6) is 0.159. The molecule has 2 aliphatic heterocycles. The Bertz CT molecular complexity index is 1640. The molecule has 0 bridgehead atoms. The normalized spacial score (nSPS) is 16.2. The number of carbonyl (C=O) groups is 1. The van der Waals surface area contributed by atoms with E-state index in [1.165, 1.54) is 19.2 Å². The van der Waals surface area contributed by atoms with Gasteiger partial charge in [0, 0.05) is 29.8 Å². The third-order valence-electron chi connectivity index (χ3n) is 6.77. The molecule has 182 valence electrons. The summed E-state index contributed by atoms with van der Waals surface area (Å²) in [7, 11) is -0.662. The van der Waals surface area contributed by atoms with Crippen molar-refractivity contribution in [2.45, 2.75) is 10.3 Å². The van der Waals surface area contributed by atoms with Gasteiger partial charge in [-0.3, -0.25) is 14.5 Å². The Balaban J connectivity index is 1.46. The molecule has 36 heavy (non-hydrogen) atoms. The molecule has 1 saturated heterocycles. The average molecular weight is 503 g/mol. The van der Waals surface area contributed by atoms with Crippen molar-refractivity contribution in [3.63, 3.8) is 0 Å². The largest absolute Gasteiger partial charge is 0.480 e. The van der Waals surface area contributed by atoms with Crippen LogP contribution in [0.3, 0.4) is 0 Å². The van der Waals surface area contributed by atoms with Crippen LogP contribution in [0.4, 0.5) is 11.4 Å². The summed E-state index contributed by atoms with van der Waals surface area (Å²) >= 11 is 0. The molecular formula is C26H22N4O5S. The zero-order valence-electron chi connectivity index (χ0n) is 19.6. The van der Waals surface area contributed by atoms with Gasteiger partial charge in [-0.25, -0.2) is 13.4 Å². The summed E-state index contributed by atoms with van der Waals surface area (Å²) in [6, 6.07) is 15.5. The van der Waals surface area contributed by atoms with Crippen LogP contribution in [-0.4, -0.2) is 51.7 Å². The van der Waals surface area contributed by atoms with E-state index < -0.39 is 15.4 Å². The Morgan fingerprint density at radius 2 is 1.81 bits per heavy atom. The Morgan fingerprint density at radius 1 is 1.03 bits per heavy atom. The summed E-state index contributed by atoms with van der Waals surface area (Å²) in [5.41, 5.74) is 3.45. The Labute approximate surface area is 207 Å². The van der Waals surface area contributed by atoms with Crippen molar-refractivity contribution in [2.24, 2.45) is 0 Å². The van der Waals surface area contributed by atoms with Crippen LogP contribution in [0.5, 0.6) is 5.88 Å². The van der Waals surface area contributed by atoms with Crippen molar-refractivity contribution in [1.29, 1.82) is 0 Å². The molecule has 10 heteroatoms. The third-order valence-corrected chi connectivity index (χ3v) is 8.16. The first-order chi connectivity index (χ1) is 17.3. The molecule has 2 aliphatic rings. The second kappa shape index (κ2) is 8.00. The van der Waals surface area contributed by atoms with E-state index in [1.54, 1.807) is 48.6 Å². The fourth-order valence-electron chi connectivity index (χ4n) is 4.88. The molecule has 0 unspecified atom stereocenters. The van der Waals surface area contributed by atoms with Gasteiger partial charge in [-0.05, 0) is 35.9 Å². The monoisotopic (exact) mass is 502 g/mol. The lowest BCUT2D eigenvalue weighted by Gasteiger charge is -2.36. The summed E-state index contributed by atoms with van der Waals surface area (Å²) in [6.45, 7) is 0.671. The fraction of sp³-hybridized carbons (Fsp3) is 0.192. The summed E-state index contributed by atoms with van der Waals surface area (Å²) in [4.78, 5) is 23.7. The first-order valence-electron chi connectivity index (χ1n) is 11.3. The maximum atomic E-state index is 13.1. The number of pyridine rings is 2. The summed E-state index contributed by atoms with van der Waals surface area (Å²) < 4.78 is 39.3. The summed E-state index contributed by atoms with van der Waals surface area (Å²) in [5, 5.41) is 0.855. The van der Waals surface area contributed by atoms with Gasteiger partial charge in [0.2, 0.25) is 11.8 Å². The van der Waals surface area contributed by atoms with E-state index in [9.17, 15) is 13.2 Å². The van der Waals surface area contributed by atoms with E-state index in [0.717, 1.165) is 27.7 Å². The highest BCUT2D eigenvalue weighted by molar-refractivity contribution is 7.92. The topological polar surface area (TPSA) is 111 Å². The summed E-state index contributed by atoms with van der Waals surface area (Å²) in [6.07, 6.45) is 3.35. The van der Waals surface area contributed by atoms with Gasteiger partial charge < -0.3 is 14.4 Å². The van der Waals surface area contributed by atoms with Crippen LogP contribution in [0, 0.1) is 0 Å². The van der Waals surface area contributed by atoms with Crippen LogP contribution in [0.25, 0.3) is 22.0 Å². The van der Waals surface area contributed by atoms with E-state index in [-0.39, 0.29) is 22.4 Å². The number of benzene rings is 2. The molecule has 1 fully saturated rings. The molecule has 1 spiro atoms. The maximum absolute atomic E-state index is 13.1. The average Bonchev–Trinajstić information content (AvgIpc) is 3.11. The van der Waals surface area contributed by atoms with Gasteiger partial charge in [0.15, 0.2) is 0 Å². The first-order valence-corrected chi connectivity index (χ1v) is 12.7. The van der Waals surface area contributed by atoms with E-state index in [2.05, 4.69) is 14.7 Å². The number of anilines is 2. The molecule has 0 atom stereocenters. The zero-order chi connectivity index (χ0) is 25.1. The molecule has 1 N–H and O–H groups in total. The number of hydrogen-bond donors (Lipinski definition) is 1. The van der Waals surface area contributed by atoms with Crippen molar-refractivity contribution in [3.8, 4) is 17.0 Å². The van der Waals surface area contributed by atoms with Gasteiger partial charge in [-0.2, -0.15) is 0 Å². The standard InChI is InChI=1S/C26H22N4O5S/c1-30-22-13-27-20-9-8-16(10-19(20)23(22)26(25(30)31)14-35-15-26)17-11-21(24(34-2)28-12-17)29-36(32,33)18-6-4-3-5-7-18/h3-13,29H,14-15H2,1-2H3. The smallest absolute Gasteiger partial charge is 0.262 e. The van der Waals surface area contributed by atoms with Crippen LogP contribution in [0.2, 0.25) is 0 Å². The first kappa shape index (κ1) is 22.4. The molecule has 6 rings (SSSR count). The second-order valence-electron chi connectivity index (χ2n) is 8.89. The van der Waals surface area contributed by atoms with Crippen molar-refractivity contribution in [1.82, 2.24) is 9.97 Å². The second-order valence-corrected chi connectivity index (χ2v) is 10.6. The lowest BCUT2D eigenvalue weighted by atomic mass is 9.78. The van der Waals surface area contributed by atoms with Crippen LogP contribution >= 0.6 is 0 Å². The number of fused-ring (bicyclic) bond motifs is 4. The van der Waals surface area contributed by atoms with Crippen molar-refractivity contribution in [3.05, 3.63) is 72.6 Å². The van der Waals surface area contributed by atoms with Crippen molar-refractivity contribution in [2.75, 3.05) is 37.0 Å². The molecule has 9 nitrogen and oxygen atoms in total. The minimum Gasteiger partial charge on any atom is -0.480 e. The van der Waals surface area contributed by atoms with E-state index in [1.807, 2.05) is 18.2 Å². The molecule has 0 aliphatic carbocycles. The molecular weight excluding hydrogens is 480 g/mol. The molecule has 2 aromatic carbocycles. The molecule has 1 amide bonds. The van der Waals surface area contributed by atoms with Crippen LogP contribution in [0.15, 0.2) is 71.9 Å². The lowest BCUT2D eigenvalue weighted by molar-refractivity contribution is -0.139. The molecule has 4 heterocycles. The predicted molar refractivity (Wildman–Crippen MR) is 135 cm³/mol. The SMILES string of the molecule is COc1ncc(-c2ccc3ncc4c(c3c2)C2(COC2)C(=O)N4C)cc1NS(=O)(=O)c1ccccc1. The Hall–Kier alpha value is -4.02. The number of methoxy groups -OCH3 is 1. The molecule has 0 radical (unpaired) electrons. The van der Waals surface area contributed by atoms with Gasteiger partial charge >= 0.3 is 0 Å². The number of ether oxygens (including phenoxy) is 2. The zero-order valence-corrected chi connectivity index (χ0v) is 20.4. The minimum atomic E-state index is -3.85. The fourth-order valence-corrected chi connectivity index (χ4v) is 5.95. The minimum absolute atomic E-state index is 0.00664. The Kier molecular flexibility index (Phi) is 4.99. The predicted octanol–water partition coefficient (Wildman–Crippen LogP) is 3.35. The van der Waals surface area contributed by atoms with Gasteiger partial charge in [0.05, 0.1) is 42.6 Å². The number of nitrogens with zero attached hydrogens (tertiary/aromatic N) is 3. The number of hydrogen-bond acceptors (Lipinski definition) is 7. The van der Waals surface area contributed by atoms with E-state index in [0.29, 0.717) is 18.8 Å². The van der Waals surface area contributed by atoms with E-state index >= 15 is 0 Å². The van der Waals surface area contributed by atoms with Crippen molar-refractivity contribution >= 4 is 38.2 Å². The number of aromatic nitrogens is 2. The highest BCUT2D eigenvalue weighted by Gasteiger charge is 2.56. The number of likely N-dealkylation sites (N-methyl/N-ethyl adjacent to an activating group) is 1. The number of sulfonamides is 1. The van der Waals surface area contributed by atoms with Gasteiger partial charge in [-0.15, -0.1) is 0 Å².